The van der Waals surface area contributed by atoms with Crippen molar-refractivity contribution < 1.29 is 8.78 Å². The summed E-state index contributed by atoms with van der Waals surface area (Å²) in [4.78, 5) is 0. The van der Waals surface area contributed by atoms with Crippen LogP contribution in [-0.2, 0) is 5.33 Å². The molecule has 0 bridgehead atoms. The molecule has 0 radical (unpaired) electrons. The highest BCUT2D eigenvalue weighted by Gasteiger charge is 2.17. The monoisotopic (exact) mass is 314 g/mol. The standard InChI is InChI=1S/C13H13BrF2N2/c1-7-8(2)17-18(9(7)3)13-11(15)4-10(6-14)5-12(13)16/h4-5H,6H2,1-3H3. The van der Waals surface area contributed by atoms with Gasteiger partial charge < -0.3 is 0 Å². The molecule has 0 amide bonds. The maximum atomic E-state index is 14.0. The third-order valence-corrected chi connectivity index (χ3v) is 3.74. The molecule has 5 heteroatoms. The molecule has 0 saturated carbocycles. The molecule has 1 aromatic heterocycles. The van der Waals surface area contributed by atoms with Crippen molar-refractivity contribution in [2.24, 2.45) is 0 Å². The third kappa shape index (κ3) is 2.07. The Kier molecular flexibility index (Phi) is 3.52. The van der Waals surface area contributed by atoms with Crippen LogP contribution in [0.4, 0.5) is 8.78 Å². The Morgan fingerprint density at radius 3 is 2.11 bits per heavy atom. The zero-order valence-electron chi connectivity index (χ0n) is 10.4. The van der Waals surface area contributed by atoms with Crippen molar-refractivity contribution in [2.75, 3.05) is 0 Å². The molecule has 18 heavy (non-hydrogen) atoms. The summed E-state index contributed by atoms with van der Waals surface area (Å²) in [7, 11) is 0. The highest BCUT2D eigenvalue weighted by atomic mass is 79.9. The molecule has 2 aromatic rings. The summed E-state index contributed by atoms with van der Waals surface area (Å²) in [5.41, 5.74) is 2.91. The Balaban J connectivity index is 2.67. The Bertz CT molecular complexity index is 582. The van der Waals surface area contributed by atoms with Crippen LogP contribution in [0.25, 0.3) is 5.69 Å². The largest absolute Gasteiger partial charge is 0.232 e. The molecule has 2 nitrogen and oxygen atoms in total. The van der Waals surface area contributed by atoms with Crippen molar-refractivity contribution in [3.63, 3.8) is 0 Å². The summed E-state index contributed by atoms with van der Waals surface area (Å²) in [5.74, 6) is -1.20. The lowest BCUT2D eigenvalue weighted by Crippen LogP contribution is -2.06. The molecule has 0 aliphatic carbocycles. The number of aryl methyl sites for hydroxylation is 1. The first-order valence-corrected chi connectivity index (χ1v) is 6.65. The first kappa shape index (κ1) is 13.2. The van der Waals surface area contributed by atoms with Gasteiger partial charge in [0.2, 0.25) is 0 Å². The van der Waals surface area contributed by atoms with Gasteiger partial charge in [-0.2, -0.15) is 5.10 Å². The molecule has 1 aromatic carbocycles. The molecule has 2 rings (SSSR count). The second-order valence-corrected chi connectivity index (χ2v) is 4.81. The van der Waals surface area contributed by atoms with E-state index in [1.54, 1.807) is 6.92 Å². The molecule has 0 N–H and O–H groups in total. The van der Waals surface area contributed by atoms with Crippen LogP contribution in [0.3, 0.4) is 0 Å². The maximum Gasteiger partial charge on any atom is 0.152 e. The average Bonchev–Trinajstić information content (AvgIpc) is 2.56. The zero-order chi connectivity index (χ0) is 13.4. The molecular weight excluding hydrogens is 302 g/mol. The van der Waals surface area contributed by atoms with Crippen molar-refractivity contribution in [2.45, 2.75) is 26.1 Å². The molecule has 96 valence electrons. The fraction of sp³-hybridized carbons (Fsp3) is 0.308. The van der Waals surface area contributed by atoms with E-state index >= 15 is 0 Å². The number of alkyl halides is 1. The molecule has 0 aliphatic rings. The van der Waals surface area contributed by atoms with Gasteiger partial charge in [0.15, 0.2) is 11.6 Å². The lowest BCUT2D eigenvalue weighted by atomic mass is 10.2. The van der Waals surface area contributed by atoms with Crippen molar-refractivity contribution in [3.8, 4) is 5.69 Å². The lowest BCUT2D eigenvalue weighted by molar-refractivity contribution is 0.555. The van der Waals surface area contributed by atoms with Crippen LogP contribution in [0.1, 0.15) is 22.5 Å². The Morgan fingerprint density at radius 2 is 1.72 bits per heavy atom. The Labute approximate surface area is 113 Å². The highest BCUT2D eigenvalue weighted by Crippen LogP contribution is 2.24. The fourth-order valence-electron chi connectivity index (χ4n) is 1.84. The smallest absolute Gasteiger partial charge is 0.152 e. The van der Waals surface area contributed by atoms with Crippen LogP contribution >= 0.6 is 15.9 Å². The van der Waals surface area contributed by atoms with Gasteiger partial charge >= 0.3 is 0 Å². The summed E-state index contributed by atoms with van der Waals surface area (Å²) in [6.07, 6.45) is 0. The van der Waals surface area contributed by atoms with Gasteiger partial charge in [0.1, 0.15) is 5.69 Å². The molecule has 1 heterocycles. The van der Waals surface area contributed by atoms with Gasteiger partial charge in [0, 0.05) is 11.0 Å². The normalized spacial score (nSPS) is 11.0. The van der Waals surface area contributed by atoms with Crippen LogP contribution in [0, 0.1) is 32.4 Å². The summed E-state index contributed by atoms with van der Waals surface area (Å²) in [6, 6.07) is 2.64. The minimum Gasteiger partial charge on any atom is -0.232 e. The minimum atomic E-state index is -0.602. The van der Waals surface area contributed by atoms with Crippen LogP contribution in [0.5, 0.6) is 0 Å². The van der Waals surface area contributed by atoms with E-state index in [9.17, 15) is 8.78 Å². The molecule has 0 unspecified atom stereocenters. The predicted octanol–water partition coefficient (Wildman–Crippen LogP) is 3.97. The van der Waals surface area contributed by atoms with Crippen molar-refractivity contribution in [1.29, 1.82) is 0 Å². The number of rotatable bonds is 2. The van der Waals surface area contributed by atoms with Gasteiger partial charge in [-0.05, 0) is 44.0 Å². The second-order valence-electron chi connectivity index (χ2n) is 4.25. The quantitative estimate of drug-likeness (QED) is 0.767. The van der Waals surface area contributed by atoms with Crippen molar-refractivity contribution in [1.82, 2.24) is 9.78 Å². The number of benzene rings is 1. The average molecular weight is 315 g/mol. The molecule has 0 fully saturated rings. The molecule has 0 aliphatic heterocycles. The van der Waals surface area contributed by atoms with E-state index in [0.717, 1.165) is 17.0 Å². The summed E-state index contributed by atoms with van der Waals surface area (Å²) < 4.78 is 29.3. The number of halogens is 3. The topological polar surface area (TPSA) is 17.8 Å². The number of aromatic nitrogens is 2. The highest BCUT2D eigenvalue weighted by molar-refractivity contribution is 9.08. The van der Waals surface area contributed by atoms with Crippen LogP contribution in [0.15, 0.2) is 12.1 Å². The second kappa shape index (κ2) is 4.80. The number of hydrogen-bond donors (Lipinski definition) is 0. The summed E-state index contributed by atoms with van der Waals surface area (Å²) in [5, 5.41) is 4.60. The number of hydrogen-bond acceptors (Lipinski definition) is 1. The zero-order valence-corrected chi connectivity index (χ0v) is 12.0. The molecular formula is C13H13BrF2N2. The van der Waals surface area contributed by atoms with E-state index in [2.05, 4.69) is 21.0 Å². The van der Waals surface area contributed by atoms with Gasteiger partial charge in [-0.3, -0.25) is 0 Å². The van der Waals surface area contributed by atoms with Gasteiger partial charge in [-0.1, -0.05) is 15.9 Å². The van der Waals surface area contributed by atoms with Crippen molar-refractivity contribution in [3.05, 3.63) is 46.3 Å². The molecule has 0 atom stereocenters. The first-order chi connectivity index (χ1) is 8.45. The first-order valence-electron chi connectivity index (χ1n) is 5.52. The van der Waals surface area contributed by atoms with E-state index in [0.29, 0.717) is 10.9 Å². The Hall–Kier alpha value is -1.23. The number of nitrogens with zero attached hydrogens (tertiary/aromatic N) is 2. The fourth-order valence-corrected chi connectivity index (χ4v) is 2.16. The van der Waals surface area contributed by atoms with E-state index < -0.39 is 11.6 Å². The lowest BCUT2D eigenvalue weighted by Gasteiger charge is -2.09. The van der Waals surface area contributed by atoms with E-state index in [1.807, 2.05) is 13.8 Å². The summed E-state index contributed by atoms with van der Waals surface area (Å²) >= 11 is 3.18. The minimum absolute atomic E-state index is 0.117. The predicted molar refractivity (Wildman–Crippen MR) is 70.3 cm³/mol. The van der Waals surface area contributed by atoms with E-state index in [4.69, 9.17) is 0 Å². The molecule has 0 spiro atoms. The van der Waals surface area contributed by atoms with E-state index in [-0.39, 0.29) is 5.69 Å². The summed E-state index contributed by atoms with van der Waals surface area (Å²) in [6.45, 7) is 5.50. The molecule has 0 saturated heterocycles. The third-order valence-electron chi connectivity index (χ3n) is 3.10. The van der Waals surface area contributed by atoms with Gasteiger partial charge in [-0.15, -0.1) is 0 Å². The van der Waals surface area contributed by atoms with Gasteiger partial charge in [0.25, 0.3) is 0 Å². The van der Waals surface area contributed by atoms with E-state index in [1.165, 1.54) is 16.8 Å². The van der Waals surface area contributed by atoms with Crippen LogP contribution < -0.4 is 0 Å². The van der Waals surface area contributed by atoms with Crippen molar-refractivity contribution >= 4 is 15.9 Å². The van der Waals surface area contributed by atoms with Crippen LogP contribution in [-0.4, -0.2) is 9.78 Å². The van der Waals surface area contributed by atoms with Crippen LogP contribution in [0.2, 0.25) is 0 Å². The van der Waals surface area contributed by atoms with Gasteiger partial charge in [-0.25, -0.2) is 13.5 Å². The SMILES string of the molecule is Cc1nn(-c2c(F)cc(CBr)cc2F)c(C)c1C. The van der Waals surface area contributed by atoms with Gasteiger partial charge in [0.05, 0.1) is 5.69 Å². The Morgan fingerprint density at radius 1 is 1.17 bits per heavy atom. The maximum absolute atomic E-state index is 14.0.